The lowest BCUT2D eigenvalue weighted by molar-refractivity contribution is -0.140. The monoisotopic (exact) mass is 408 g/mol. The third-order valence-corrected chi connectivity index (χ3v) is 7.51. The van der Waals surface area contributed by atoms with Gasteiger partial charge in [0.1, 0.15) is 0 Å². The van der Waals surface area contributed by atoms with E-state index in [1.807, 2.05) is 13.8 Å². The third kappa shape index (κ3) is 4.38. The first-order valence-corrected chi connectivity index (χ1v) is 11.3. The molecule has 2 heterocycles. The van der Waals surface area contributed by atoms with Crippen molar-refractivity contribution in [2.75, 3.05) is 19.7 Å². The molecule has 0 radical (unpaired) electrons. The van der Waals surface area contributed by atoms with Crippen molar-refractivity contribution < 1.29 is 22.7 Å². The van der Waals surface area contributed by atoms with Crippen LogP contribution in [0, 0.1) is 0 Å². The number of ether oxygens (including phenoxy) is 1. The van der Waals surface area contributed by atoms with Crippen LogP contribution >= 0.6 is 0 Å². The second kappa shape index (κ2) is 8.61. The van der Waals surface area contributed by atoms with Crippen molar-refractivity contribution in [1.29, 1.82) is 0 Å². The molecule has 2 aliphatic rings. The third-order valence-electron chi connectivity index (χ3n) is 5.60. The highest BCUT2D eigenvalue weighted by Crippen LogP contribution is 2.23. The van der Waals surface area contributed by atoms with Crippen LogP contribution in [-0.2, 0) is 19.6 Å². The van der Waals surface area contributed by atoms with Crippen LogP contribution in [0.15, 0.2) is 29.2 Å². The van der Waals surface area contributed by atoms with E-state index in [0.29, 0.717) is 13.1 Å². The van der Waals surface area contributed by atoms with E-state index in [-0.39, 0.29) is 35.1 Å². The van der Waals surface area contributed by atoms with Gasteiger partial charge >= 0.3 is 5.97 Å². The number of piperidine rings is 1. The molecule has 1 aromatic carbocycles. The van der Waals surface area contributed by atoms with Gasteiger partial charge in [-0.2, -0.15) is 4.31 Å². The predicted molar refractivity (Wildman–Crippen MR) is 104 cm³/mol. The van der Waals surface area contributed by atoms with Crippen LogP contribution in [0.5, 0.6) is 0 Å². The highest BCUT2D eigenvalue weighted by Gasteiger charge is 2.30. The van der Waals surface area contributed by atoms with Crippen LogP contribution in [0.25, 0.3) is 0 Å². The fourth-order valence-electron chi connectivity index (χ4n) is 4.04. The van der Waals surface area contributed by atoms with E-state index in [0.717, 1.165) is 32.1 Å². The van der Waals surface area contributed by atoms with E-state index in [4.69, 9.17) is 4.74 Å². The van der Waals surface area contributed by atoms with Gasteiger partial charge in [0.15, 0.2) is 6.61 Å². The van der Waals surface area contributed by atoms with Crippen molar-refractivity contribution in [3.63, 3.8) is 0 Å². The fourth-order valence-corrected chi connectivity index (χ4v) is 5.56. The average molecular weight is 409 g/mol. The Morgan fingerprint density at radius 1 is 1.00 bits per heavy atom. The molecular formula is C20H28N2O5S. The Morgan fingerprint density at radius 3 is 2.14 bits per heavy atom. The molecule has 2 atom stereocenters. The van der Waals surface area contributed by atoms with E-state index in [1.165, 1.54) is 28.6 Å². The summed E-state index contributed by atoms with van der Waals surface area (Å²) in [4.78, 5) is 26.7. The maximum absolute atomic E-state index is 12.5. The minimum atomic E-state index is -3.51. The standard InChI is InChI=1S/C20H28N2O5S/c1-15-6-5-7-16(2)22(15)19(23)14-27-20(24)17-8-10-18(11-9-17)28(25,26)21-12-3-4-13-21/h8-11,15-16H,3-7,12-14H2,1-2H3/t15-,16-/m0/s1. The van der Waals surface area contributed by atoms with Crippen molar-refractivity contribution in [3.8, 4) is 0 Å². The minimum absolute atomic E-state index is 0.144. The van der Waals surface area contributed by atoms with Crippen molar-refractivity contribution in [2.24, 2.45) is 0 Å². The number of hydrogen-bond acceptors (Lipinski definition) is 5. The number of hydrogen-bond donors (Lipinski definition) is 0. The lowest BCUT2D eigenvalue weighted by Crippen LogP contribution is -2.49. The van der Waals surface area contributed by atoms with Crippen LogP contribution in [-0.4, -0.2) is 61.3 Å². The lowest BCUT2D eigenvalue weighted by Gasteiger charge is -2.38. The zero-order valence-corrected chi connectivity index (χ0v) is 17.3. The molecule has 1 aromatic rings. The number of sulfonamides is 1. The Bertz CT molecular complexity index is 806. The fraction of sp³-hybridized carbons (Fsp3) is 0.600. The SMILES string of the molecule is C[C@H]1CCC[C@H](C)N1C(=O)COC(=O)c1ccc(S(=O)(=O)N2CCCC2)cc1. The largest absolute Gasteiger partial charge is 0.452 e. The maximum atomic E-state index is 12.5. The molecule has 0 saturated carbocycles. The molecule has 2 saturated heterocycles. The summed E-state index contributed by atoms with van der Waals surface area (Å²) in [7, 11) is -3.51. The number of benzene rings is 1. The van der Waals surface area contributed by atoms with Gasteiger partial charge in [-0.3, -0.25) is 4.79 Å². The Hall–Kier alpha value is -1.93. The molecule has 0 spiro atoms. The molecule has 154 valence electrons. The number of carbonyl (C=O) groups is 2. The van der Waals surface area contributed by atoms with Gasteiger partial charge in [0.25, 0.3) is 5.91 Å². The molecule has 2 fully saturated rings. The van der Waals surface area contributed by atoms with Gasteiger partial charge < -0.3 is 9.64 Å². The van der Waals surface area contributed by atoms with Crippen LogP contribution in [0.2, 0.25) is 0 Å². The normalized spacial score (nSPS) is 23.6. The lowest BCUT2D eigenvalue weighted by atomic mass is 9.97. The van der Waals surface area contributed by atoms with Crippen LogP contribution in [0.4, 0.5) is 0 Å². The van der Waals surface area contributed by atoms with Gasteiger partial charge in [0, 0.05) is 25.2 Å². The van der Waals surface area contributed by atoms with E-state index in [9.17, 15) is 18.0 Å². The summed E-state index contributed by atoms with van der Waals surface area (Å²) in [5.41, 5.74) is 0.230. The number of nitrogens with zero attached hydrogens (tertiary/aromatic N) is 2. The molecule has 1 amide bonds. The quantitative estimate of drug-likeness (QED) is 0.699. The van der Waals surface area contributed by atoms with E-state index in [2.05, 4.69) is 0 Å². The minimum Gasteiger partial charge on any atom is -0.452 e. The van der Waals surface area contributed by atoms with E-state index in [1.54, 1.807) is 4.90 Å². The summed E-state index contributed by atoms with van der Waals surface area (Å²) in [6, 6.07) is 5.99. The van der Waals surface area contributed by atoms with Crippen LogP contribution < -0.4 is 0 Å². The molecule has 0 N–H and O–H groups in total. The number of amides is 1. The molecule has 28 heavy (non-hydrogen) atoms. The molecule has 0 aromatic heterocycles. The first-order chi connectivity index (χ1) is 13.3. The molecule has 3 rings (SSSR count). The Labute approximate surface area is 166 Å². The average Bonchev–Trinajstić information content (AvgIpc) is 3.22. The summed E-state index contributed by atoms with van der Waals surface area (Å²) in [5.74, 6) is -0.822. The smallest absolute Gasteiger partial charge is 0.338 e. The molecule has 7 nitrogen and oxygen atoms in total. The Kier molecular flexibility index (Phi) is 6.40. The second-order valence-corrected chi connectivity index (χ2v) is 9.58. The molecule has 8 heteroatoms. The van der Waals surface area contributed by atoms with Gasteiger partial charge in [-0.15, -0.1) is 0 Å². The highest BCUT2D eigenvalue weighted by atomic mass is 32.2. The van der Waals surface area contributed by atoms with Gasteiger partial charge in [-0.1, -0.05) is 0 Å². The number of likely N-dealkylation sites (tertiary alicyclic amines) is 1. The molecule has 0 bridgehead atoms. The van der Waals surface area contributed by atoms with E-state index >= 15 is 0 Å². The Morgan fingerprint density at radius 2 is 1.57 bits per heavy atom. The summed E-state index contributed by atoms with van der Waals surface area (Å²) in [6.07, 6.45) is 4.74. The zero-order valence-electron chi connectivity index (χ0n) is 16.5. The summed E-state index contributed by atoms with van der Waals surface area (Å²) < 4.78 is 31.7. The molecule has 2 aliphatic heterocycles. The highest BCUT2D eigenvalue weighted by molar-refractivity contribution is 7.89. The topological polar surface area (TPSA) is 84.0 Å². The number of rotatable bonds is 5. The van der Waals surface area contributed by atoms with Crippen LogP contribution in [0.3, 0.4) is 0 Å². The molecular weight excluding hydrogens is 380 g/mol. The Balaban J connectivity index is 1.59. The van der Waals surface area contributed by atoms with Gasteiger partial charge in [-0.05, 0) is 70.2 Å². The number of esters is 1. The maximum Gasteiger partial charge on any atom is 0.338 e. The summed E-state index contributed by atoms with van der Waals surface area (Å²) in [6.45, 7) is 4.77. The van der Waals surface area contributed by atoms with Gasteiger partial charge in [-0.25, -0.2) is 13.2 Å². The second-order valence-electron chi connectivity index (χ2n) is 7.64. The van der Waals surface area contributed by atoms with Crippen molar-refractivity contribution >= 4 is 21.9 Å². The van der Waals surface area contributed by atoms with Crippen LogP contribution in [0.1, 0.15) is 56.3 Å². The van der Waals surface area contributed by atoms with Crippen molar-refractivity contribution in [2.45, 2.75) is 62.9 Å². The van der Waals surface area contributed by atoms with E-state index < -0.39 is 16.0 Å². The first kappa shape index (κ1) is 20.8. The van der Waals surface area contributed by atoms with Gasteiger partial charge in [0.2, 0.25) is 10.0 Å². The van der Waals surface area contributed by atoms with Crippen molar-refractivity contribution in [1.82, 2.24) is 9.21 Å². The molecule has 0 unspecified atom stereocenters. The molecule has 0 aliphatic carbocycles. The van der Waals surface area contributed by atoms with Crippen molar-refractivity contribution in [3.05, 3.63) is 29.8 Å². The summed E-state index contributed by atoms with van der Waals surface area (Å²) >= 11 is 0. The predicted octanol–water partition coefficient (Wildman–Crippen LogP) is 2.42. The number of carbonyl (C=O) groups excluding carboxylic acids is 2. The first-order valence-electron chi connectivity index (χ1n) is 9.89. The van der Waals surface area contributed by atoms with Gasteiger partial charge in [0.05, 0.1) is 10.5 Å². The summed E-state index contributed by atoms with van der Waals surface area (Å²) in [5, 5.41) is 0. The zero-order chi connectivity index (χ0) is 20.3.